The van der Waals surface area contributed by atoms with Gasteiger partial charge in [0.1, 0.15) is 11.4 Å². The smallest absolute Gasteiger partial charge is 0.123 e. The molecule has 3 atom stereocenters. The van der Waals surface area contributed by atoms with Gasteiger partial charge in [0.25, 0.3) is 0 Å². The summed E-state index contributed by atoms with van der Waals surface area (Å²) in [4.78, 5) is 3.99. The number of hydrogen-bond acceptors (Lipinski definition) is 4. The van der Waals surface area contributed by atoms with Crippen molar-refractivity contribution in [2.45, 2.75) is 96.0 Å². The highest BCUT2D eigenvalue weighted by atomic mass is 32.1. The first-order valence-corrected chi connectivity index (χ1v) is 12.2. The van der Waals surface area contributed by atoms with Crippen LogP contribution in [0.5, 0.6) is 5.75 Å². The first kappa shape index (κ1) is 23.4. The van der Waals surface area contributed by atoms with Crippen molar-refractivity contribution < 1.29 is 9.84 Å². The molecule has 1 heterocycles. The van der Waals surface area contributed by atoms with Crippen molar-refractivity contribution >= 4 is 17.4 Å². The second-order valence-corrected chi connectivity index (χ2v) is 10.7. The number of benzene rings is 1. The zero-order valence-electron chi connectivity index (χ0n) is 19.2. The van der Waals surface area contributed by atoms with E-state index in [1.807, 2.05) is 0 Å². The Morgan fingerprint density at radius 3 is 2.70 bits per heavy atom. The lowest BCUT2D eigenvalue weighted by molar-refractivity contribution is -0.0202. The van der Waals surface area contributed by atoms with Gasteiger partial charge in [-0.25, -0.2) is 4.99 Å². The van der Waals surface area contributed by atoms with E-state index in [0.29, 0.717) is 24.4 Å². The van der Waals surface area contributed by atoms with E-state index in [4.69, 9.17) is 4.74 Å². The van der Waals surface area contributed by atoms with Crippen molar-refractivity contribution in [1.29, 1.82) is 0 Å². The summed E-state index contributed by atoms with van der Waals surface area (Å²) in [6.07, 6.45) is 9.27. The molecule has 1 aliphatic heterocycles. The van der Waals surface area contributed by atoms with Gasteiger partial charge in [-0.05, 0) is 92.6 Å². The average Bonchev–Trinajstić information content (AvgIpc) is 2.72. The molecule has 0 saturated heterocycles. The van der Waals surface area contributed by atoms with Gasteiger partial charge in [0.15, 0.2) is 0 Å². The molecule has 1 aromatic rings. The van der Waals surface area contributed by atoms with Crippen LogP contribution in [0.25, 0.3) is 0 Å². The van der Waals surface area contributed by atoms with Gasteiger partial charge < -0.3 is 9.84 Å². The Morgan fingerprint density at radius 2 is 1.97 bits per heavy atom. The van der Waals surface area contributed by atoms with E-state index in [2.05, 4.69) is 68.3 Å². The second kappa shape index (κ2) is 9.94. The van der Waals surface area contributed by atoms with Crippen LogP contribution in [-0.4, -0.2) is 29.0 Å². The van der Waals surface area contributed by atoms with Crippen LogP contribution < -0.4 is 4.74 Å². The van der Waals surface area contributed by atoms with Crippen molar-refractivity contribution in [2.75, 3.05) is 13.2 Å². The van der Waals surface area contributed by atoms with Gasteiger partial charge in [-0.2, -0.15) is 0 Å². The Morgan fingerprint density at radius 1 is 1.20 bits per heavy atom. The molecule has 0 aromatic heterocycles. The summed E-state index contributed by atoms with van der Waals surface area (Å²) in [5.41, 5.74) is 2.71. The molecule has 1 N–H and O–H groups in total. The molecule has 0 radical (unpaired) electrons. The topological polar surface area (TPSA) is 41.8 Å². The van der Waals surface area contributed by atoms with Gasteiger partial charge >= 0.3 is 0 Å². The van der Waals surface area contributed by atoms with Gasteiger partial charge in [-0.1, -0.05) is 45.2 Å². The lowest BCUT2D eigenvalue weighted by Crippen LogP contribution is -2.47. The number of fused-ring (bicyclic) bond motifs is 3. The zero-order valence-corrected chi connectivity index (χ0v) is 20.1. The molecule has 0 spiro atoms. The van der Waals surface area contributed by atoms with E-state index >= 15 is 0 Å². The molecule has 30 heavy (non-hydrogen) atoms. The van der Waals surface area contributed by atoms with Crippen LogP contribution in [0.2, 0.25) is 0 Å². The highest BCUT2D eigenvalue weighted by molar-refractivity contribution is 7.78. The number of thiocarbonyl (C=S) groups is 1. The maximum absolute atomic E-state index is 9.73. The van der Waals surface area contributed by atoms with Gasteiger partial charge in [0.2, 0.25) is 0 Å². The molecule has 3 nitrogen and oxygen atoms in total. The van der Waals surface area contributed by atoms with Crippen LogP contribution in [-0.2, 0) is 5.41 Å². The van der Waals surface area contributed by atoms with Crippen LogP contribution in [0, 0.1) is 11.8 Å². The minimum atomic E-state index is -0.147. The predicted molar refractivity (Wildman–Crippen MR) is 128 cm³/mol. The van der Waals surface area contributed by atoms with Crippen molar-refractivity contribution in [3.63, 3.8) is 0 Å². The fraction of sp³-hybridized carbons (Fsp3) is 0.731. The molecule has 0 amide bonds. The van der Waals surface area contributed by atoms with Crippen LogP contribution in [0.3, 0.4) is 0 Å². The molecule has 1 aromatic carbocycles. The molecule has 166 valence electrons. The Bertz CT molecular complexity index is 766. The summed E-state index contributed by atoms with van der Waals surface area (Å²) >= 11 is 4.62. The summed E-state index contributed by atoms with van der Waals surface area (Å²) in [5, 5.41) is 12.2. The third-order valence-corrected chi connectivity index (χ3v) is 7.69. The number of ether oxygens (including phenoxy) is 1. The van der Waals surface area contributed by atoms with Gasteiger partial charge in [0, 0.05) is 19.1 Å². The zero-order chi connectivity index (χ0) is 21.8. The predicted octanol–water partition coefficient (Wildman–Crippen LogP) is 6.68. The first-order valence-electron chi connectivity index (χ1n) is 11.8. The minimum Gasteiger partial charge on any atom is -0.487 e. The molecule has 2 aliphatic rings. The fourth-order valence-corrected chi connectivity index (χ4v) is 5.70. The lowest BCUT2D eigenvalue weighted by Gasteiger charge is -2.49. The third kappa shape index (κ3) is 5.33. The number of aliphatic hydroxyl groups is 1. The Kier molecular flexibility index (Phi) is 7.76. The van der Waals surface area contributed by atoms with Crippen LogP contribution in [0.15, 0.2) is 23.2 Å². The summed E-state index contributed by atoms with van der Waals surface area (Å²) in [7, 11) is 0. The molecule has 3 rings (SSSR count). The molecule has 4 heteroatoms. The van der Waals surface area contributed by atoms with Crippen molar-refractivity contribution in [3.8, 4) is 5.75 Å². The number of isothiocyanates is 1. The van der Waals surface area contributed by atoms with E-state index in [1.54, 1.807) is 0 Å². The quantitative estimate of drug-likeness (QED) is 0.270. The maximum atomic E-state index is 9.73. The van der Waals surface area contributed by atoms with E-state index < -0.39 is 0 Å². The third-order valence-electron chi connectivity index (χ3n) is 7.56. The number of rotatable bonds is 9. The van der Waals surface area contributed by atoms with E-state index in [9.17, 15) is 5.11 Å². The molecule has 1 saturated carbocycles. The Balaban J connectivity index is 1.69. The standard InChI is InChI=1S/C26H39NO2S/c1-25(2,13-7-5-6-8-14-27-18-30)20-10-11-21-22-15-19(17-28)9-12-23(22)26(3,4)29-24(21)16-20/h10-11,16,19,22-23,28H,5-9,12-15,17H2,1-4H3/t19-,22+,23-/m1/s1. The molecule has 0 unspecified atom stereocenters. The maximum Gasteiger partial charge on any atom is 0.123 e. The summed E-state index contributed by atoms with van der Waals surface area (Å²) < 4.78 is 6.59. The molecule has 1 aliphatic carbocycles. The van der Waals surface area contributed by atoms with Gasteiger partial charge in [-0.15, -0.1) is 0 Å². The largest absolute Gasteiger partial charge is 0.487 e. The molecular weight excluding hydrogens is 390 g/mol. The molecule has 1 fully saturated rings. The molecule has 0 bridgehead atoms. The monoisotopic (exact) mass is 429 g/mol. The lowest BCUT2D eigenvalue weighted by atomic mass is 9.64. The van der Waals surface area contributed by atoms with Gasteiger partial charge in [-0.3, -0.25) is 0 Å². The van der Waals surface area contributed by atoms with Crippen LogP contribution >= 0.6 is 12.2 Å². The summed E-state index contributed by atoms with van der Waals surface area (Å²) in [6, 6.07) is 6.96. The SMILES string of the molecule is CC(C)(CCCCCCN=C=S)c1ccc2c(c1)OC(C)(C)[C@@H]1CC[C@@H](CO)C[C@@H]21. The first-order chi connectivity index (χ1) is 14.3. The van der Waals surface area contributed by atoms with Crippen LogP contribution in [0.1, 0.15) is 96.1 Å². The van der Waals surface area contributed by atoms with Crippen molar-refractivity contribution in [1.82, 2.24) is 0 Å². The highest BCUT2D eigenvalue weighted by Gasteiger charge is 2.46. The van der Waals surface area contributed by atoms with Crippen molar-refractivity contribution in [3.05, 3.63) is 29.3 Å². The Hall–Kier alpha value is -1.22. The normalized spacial score (nSPS) is 24.9. The molecular formula is C26H39NO2S. The van der Waals surface area contributed by atoms with E-state index in [1.165, 1.54) is 36.8 Å². The Labute approximate surface area is 188 Å². The number of aliphatic hydroxyl groups excluding tert-OH is 1. The number of nitrogens with zero attached hydrogens (tertiary/aromatic N) is 1. The van der Waals surface area contributed by atoms with E-state index in [-0.39, 0.29) is 11.0 Å². The summed E-state index contributed by atoms with van der Waals surface area (Å²) in [5.74, 6) is 2.54. The fourth-order valence-electron chi connectivity index (χ4n) is 5.61. The second-order valence-electron chi connectivity index (χ2n) is 10.6. The number of unbranched alkanes of at least 4 members (excludes halogenated alkanes) is 3. The summed E-state index contributed by atoms with van der Waals surface area (Å²) in [6.45, 7) is 10.3. The number of aliphatic imine (C=N–C) groups is 1. The highest BCUT2D eigenvalue weighted by Crippen LogP contribution is 2.53. The van der Waals surface area contributed by atoms with E-state index in [0.717, 1.165) is 38.0 Å². The average molecular weight is 430 g/mol. The van der Waals surface area contributed by atoms with Gasteiger partial charge in [0.05, 0.1) is 5.16 Å². The van der Waals surface area contributed by atoms with Crippen molar-refractivity contribution in [2.24, 2.45) is 16.8 Å². The number of hydrogen-bond donors (Lipinski definition) is 1. The minimum absolute atomic E-state index is 0.131. The van der Waals surface area contributed by atoms with Crippen LogP contribution in [0.4, 0.5) is 0 Å².